The molecule has 1 aliphatic rings. The highest BCUT2D eigenvalue weighted by Gasteiger charge is 2.42. The van der Waals surface area contributed by atoms with Crippen LogP contribution in [-0.4, -0.2) is 64.6 Å². The predicted molar refractivity (Wildman–Crippen MR) is 114 cm³/mol. The lowest BCUT2D eigenvalue weighted by Gasteiger charge is -2.28. The summed E-state index contributed by atoms with van der Waals surface area (Å²) < 4.78 is 16.6. The van der Waals surface area contributed by atoms with Gasteiger partial charge in [-0.3, -0.25) is 9.59 Å². The van der Waals surface area contributed by atoms with E-state index in [4.69, 9.17) is 14.2 Å². The Kier molecular flexibility index (Phi) is 9.40. The maximum absolute atomic E-state index is 12.7. The van der Waals surface area contributed by atoms with Crippen molar-refractivity contribution in [2.75, 3.05) is 31.3 Å². The fraction of sp³-hybridized carbons (Fsp3) is 0.450. The van der Waals surface area contributed by atoms with E-state index in [1.54, 1.807) is 25.1 Å². The molecule has 0 saturated carbocycles. The summed E-state index contributed by atoms with van der Waals surface area (Å²) >= 11 is 2.37. The fourth-order valence-corrected chi connectivity index (χ4v) is 4.45. The molecule has 0 N–H and O–H groups in total. The number of thioether (sulfide) groups is 2. The molecule has 1 aliphatic heterocycles. The van der Waals surface area contributed by atoms with Crippen LogP contribution in [0, 0.1) is 0 Å². The van der Waals surface area contributed by atoms with E-state index < -0.39 is 12.0 Å². The summed E-state index contributed by atoms with van der Waals surface area (Å²) in [6, 6.07) is 6.53. The van der Waals surface area contributed by atoms with Gasteiger partial charge in [-0.15, -0.1) is 11.8 Å². The smallest absolute Gasteiger partial charge is 0.329 e. The Morgan fingerprint density at radius 1 is 1.28 bits per heavy atom. The van der Waals surface area contributed by atoms with Crippen LogP contribution in [0.2, 0.25) is 0 Å². The zero-order valence-electron chi connectivity index (χ0n) is 16.5. The van der Waals surface area contributed by atoms with Gasteiger partial charge in [0.05, 0.1) is 12.4 Å². The third-order valence-electron chi connectivity index (χ3n) is 3.93. The first-order chi connectivity index (χ1) is 14.0. The predicted octanol–water partition coefficient (Wildman–Crippen LogP) is 2.74. The Morgan fingerprint density at radius 2 is 1.97 bits per heavy atom. The summed E-state index contributed by atoms with van der Waals surface area (Å²) in [7, 11) is 0. The average molecular weight is 440 g/mol. The summed E-state index contributed by atoms with van der Waals surface area (Å²) in [5.41, 5.74) is 0. The number of para-hydroxylation sites is 2. The SMILES string of the molecule is C=CCOc1ccccc1OCC1SCC(C(=O)OCC)N1C(=O)CSC(C)=O. The third-order valence-corrected chi connectivity index (χ3v) is 5.98. The number of nitrogens with zero attached hydrogens (tertiary/aromatic N) is 1. The summed E-state index contributed by atoms with van der Waals surface area (Å²) in [4.78, 5) is 37.8. The molecule has 2 unspecified atom stereocenters. The number of hydrogen-bond donors (Lipinski definition) is 0. The average Bonchev–Trinajstić information content (AvgIpc) is 3.13. The van der Waals surface area contributed by atoms with Crippen LogP contribution < -0.4 is 9.47 Å². The molecule has 0 aliphatic carbocycles. The number of benzene rings is 1. The highest BCUT2D eigenvalue weighted by Crippen LogP contribution is 2.33. The van der Waals surface area contributed by atoms with Crippen molar-refractivity contribution in [3.8, 4) is 11.5 Å². The van der Waals surface area contributed by atoms with Crippen molar-refractivity contribution < 1.29 is 28.6 Å². The summed E-state index contributed by atoms with van der Waals surface area (Å²) in [6.45, 7) is 7.51. The molecule has 9 heteroatoms. The number of carbonyl (C=O) groups excluding carboxylic acids is 3. The first-order valence-electron chi connectivity index (χ1n) is 9.16. The minimum Gasteiger partial charge on any atom is -0.487 e. The van der Waals surface area contributed by atoms with Crippen LogP contribution in [0.1, 0.15) is 13.8 Å². The molecule has 2 rings (SSSR count). The topological polar surface area (TPSA) is 82.1 Å². The molecule has 1 aromatic carbocycles. The lowest BCUT2D eigenvalue weighted by molar-refractivity contribution is -0.153. The van der Waals surface area contributed by atoms with Gasteiger partial charge >= 0.3 is 5.97 Å². The molecule has 1 heterocycles. The van der Waals surface area contributed by atoms with Crippen molar-refractivity contribution in [1.82, 2.24) is 4.90 Å². The van der Waals surface area contributed by atoms with Crippen LogP contribution in [-0.2, 0) is 19.1 Å². The second-order valence-electron chi connectivity index (χ2n) is 5.99. The largest absolute Gasteiger partial charge is 0.487 e. The van der Waals surface area contributed by atoms with E-state index in [-0.39, 0.29) is 35.4 Å². The van der Waals surface area contributed by atoms with Crippen molar-refractivity contribution in [2.24, 2.45) is 0 Å². The molecular formula is C20H25NO6S2. The van der Waals surface area contributed by atoms with Crippen LogP contribution in [0.5, 0.6) is 11.5 Å². The van der Waals surface area contributed by atoms with Crippen LogP contribution in [0.3, 0.4) is 0 Å². The molecule has 1 fully saturated rings. The minimum atomic E-state index is -0.694. The minimum absolute atomic E-state index is 0.0265. The lowest BCUT2D eigenvalue weighted by Crippen LogP contribution is -2.48. The zero-order valence-corrected chi connectivity index (χ0v) is 18.1. The number of ether oxygens (including phenoxy) is 3. The van der Waals surface area contributed by atoms with Crippen LogP contribution >= 0.6 is 23.5 Å². The molecule has 0 spiro atoms. The Morgan fingerprint density at radius 3 is 2.59 bits per heavy atom. The van der Waals surface area contributed by atoms with E-state index >= 15 is 0 Å². The van der Waals surface area contributed by atoms with E-state index in [1.165, 1.54) is 23.6 Å². The number of carbonyl (C=O) groups is 3. The van der Waals surface area contributed by atoms with Crippen LogP contribution in [0.15, 0.2) is 36.9 Å². The Bertz CT molecular complexity index is 741. The van der Waals surface area contributed by atoms with Gasteiger partial charge < -0.3 is 19.1 Å². The summed E-state index contributed by atoms with van der Waals surface area (Å²) in [5, 5.41) is -0.532. The normalized spacial score (nSPS) is 18.2. The van der Waals surface area contributed by atoms with Gasteiger partial charge in [0.1, 0.15) is 24.6 Å². The Balaban J connectivity index is 2.11. The maximum Gasteiger partial charge on any atom is 0.329 e. The maximum atomic E-state index is 12.7. The van der Waals surface area contributed by atoms with Gasteiger partial charge in [0.15, 0.2) is 16.6 Å². The van der Waals surface area contributed by atoms with Gasteiger partial charge in [-0.2, -0.15) is 0 Å². The van der Waals surface area contributed by atoms with Crippen molar-refractivity contribution in [3.05, 3.63) is 36.9 Å². The van der Waals surface area contributed by atoms with Crippen molar-refractivity contribution in [1.29, 1.82) is 0 Å². The quantitative estimate of drug-likeness (QED) is 0.407. The number of amides is 1. The molecule has 1 aromatic rings. The molecule has 1 amide bonds. The van der Waals surface area contributed by atoms with Gasteiger partial charge in [-0.05, 0) is 19.1 Å². The molecule has 0 radical (unpaired) electrons. The van der Waals surface area contributed by atoms with E-state index in [0.717, 1.165) is 11.8 Å². The molecule has 29 heavy (non-hydrogen) atoms. The monoisotopic (exact) mass is 439 g/mol. The molecule has 0 bridgehead atoms. The first kappa shape index (κ1) is 23.2. The fourth-order valence-electron chi connectivity index (χ4n) is 2.68. The zero-order chi connectivity index (χ0) is 21.2. The van der Waals surface area contributed by atoms with E-state index in [9.17, 15) is 14.4 Å². The number of esters is 1. The lowest BCUT2D eigenvalue weighted by atomic mass is 10.2. The molecule has 1 saturated heterocycles. The summed E-state index contributed by atoms with van der Waals surface area (Å²) in [6.07, 6.45) is 1.64. The Hall–Kier alpha value is -2.13. The van der Waals surface area contributed by atoms with Crippen molar-refractivity contribution in [3.63, 3.8) is 0 Å². The third kappa shape index (κ3) is 6.71. The van der Waals surface area contributed by atoms with E-state index in [2.05, 4.69) is 6.58 Å². The van der Waals surface area contributed by atoms with E-state index in [0.29, 0.717) is 23.9 Å². The highest BCUT2D eigenvalue weighted by atomic mass is 32.2. The van der Waals surface area contributed by atoms with Gasteiger partial charge in [0.2, 0.25) is 5.91 Å². The highest BCUT2D eigenvalue weighted by molar-refractivity contribution is 8.14. The molecule has 7 nitrogen and oxygen atoms in total. The van der Waals surface area contributed by atoms with Crippen LogP contribution in [0.25, 0.3) is 0 Å². The Labute approximate surface area is 179 Å². The molecule has 0 aromatic heterocycles. The van der Waals surface area contributed by atoms with Crippen molar-refractivity contribution >= 4 is 40.5 Å². The molecular weight excluding hydrogens is 414 g/mol. The van der Waals surface area contributed by atoms with Crippen molar-refractivity contribution in [2.45, 2.75) is 25.3 Å². The molecule has 2 atom stereocenters. The number of hydrogen-bond acceptors (Lipinski definition) is 8. The second-order valence-corrected chi connectivity index (χ2v) is 8.36. The van der Waals surface area contributed by atoms with E-state index in [1.807, 2.05) is 12.1 Å². The number of rotatable bonds is 10. The van der Waals surface area contributed by atoms with Gasteiger partial charge in [0.25, 0.3) is 0 Å². The summed E-state index contributed by atoms with van der Waals surface area (Å²) in [5.74, 6) is 0.762. The first-order valence-corrected chi connectivity index (χ1v) is 11.2. The second kappa shape index (κ2) is 11.8. The van der Waals surface area contributed by atoms with Gasteiger partial charge in [0, 0.05) is 12.7 Å². The standard InChI is InChI=1S/C20H25NO6S2/c1-4-10-26-16-8-6-7-9-17(16)27-11-19-21(18(23)13-28-14(3)22)15(12-29-19)20(24)25-5-2/h4,6-9,15,19H,1,5,10-13H2,2-3H3. The van der Waals surface area contributed by atoms with Crippen LogP contribution in [0.4, 0.5) is 0 Å². The molecule has 158 valence electrons. The van der Waals surface area contributed by atoms with Gasteiger partial charge in [-0.25, -0.2) is 4.79 Å². The van der Waals surface area contributed by atoms with Gasteiger partial charge in [-0.1, -0.05) is 36.5 Å².